The van der Waals surface area contributed by atoms with Gasteiger partial charge in [0.25, 0.3) is 5.91 Å². The Morgan fingerprint density at radius 2 is 2.04 bits per heavy atom. The summed E-state index contributed by atoms with van der Waals surface area (Å²) < 4.78 is 42.7. The highest BCUT2D eigenvalue weighted by Gasteiger charge is 2.24. The summed E-state index contributed by atoms with van der Waals surface area (Å²) in [6.07, 6.45) is -0.200. The normalized spacial score (nSPS) is 12.6. The van der Waals surface area contributed by atoms with Crippen LogP contribution >= 0.6 is 11.3 Å². The summed E-state index contributed by atoms with van der Waals surface area (Å²) in [5.41, 5.74) is 0. The molecule has 0 saturated heterocycles. The van der Waals surface area contributed by atoms with Crippen molar-refractivity contribution in [2.24, 2.45) is 0 Å². The van der Waals surface area contributed by atoms with Crippen molar-refractivity contribution in [2.45, 2.75) is 37.1 Å². The third-order valence-corrected chi connectivity index (χ3v) is 6.35. The van der Waals surface area contributed by atoms with Crippen LogP contribution in [0.15, 0.2) is 28.6 Å². The van der Waals surface area contributed by atoms with Gasteiger partial charge in [-0.3, -0.25) is 10.1 Å². The van der Waals surface area contributed by atoms with Crippen LogP contribution in [0.2, 0.25) is 0 Å². The number of nitrogens with one attached hydrogen (secondary N) is 1. The number of sulfone groups is 1. The molecule has 2 rings (SSSR count). The quantitative estimate of drug-likeness (QED) is 0.699. The zero-order valence-corrected chi connectivity index (χ0v) is 15.4. The number of aromatic nitrogens is 2. The van der Waals surface area contributed by atoms with Gasteiger partial charge in [-0.05, 0) is 25.0 Å². The van der Waals surface area contributed by atoms with E-state index < -0.39 is 27.7 Å². The Hall–Kier alpha value is -2.07. The monoisotopic (exact) mass is 387 g/mol. The second-order valence-electron chi connectivity index (χ2n) is 5.13. The number of hydrogen-bond donors (Lipinski definition) is 1. The van der Waals surface area contributed by atoms with E-state index in [0.717, 1.165) is 11.3 Å². The number of carbonyl (C=O) groups excluding carboxylic acids is 1. The molecule has 25 heavy (non-hydrogen) atoms. The van der Waals surface area contributed by atoms with E-state index in [1.54, 1.807) is 19.9 Å². The van der Waals surface area contributed by atoms with Gasteiger partial charge in [0.1, 0.15) is 0 Å². The molecule has 0 radical (unpaired) electrons. The maximum absolute atomic E-state index is 13.6. The molecule has 1 N–H and O–H groups in total. The van der Waals surface area contributed by atoms with E-state index in [0.29, 0.717) is 12.8 Å². The van der Waals surface area contributed by atoms with Crippen molar-refractivity contribution in [3.63, 3.8) is 0 Å². The van der Waals surface area contributed by atoms with E-state index in [1.807, 2.05) is 0 Å². The highest BCUT2D eigenvalue weighted by atomic mass is 32.2. The fourth-order valence-corrected chi connectivity index (χ4v) is 4.30. The van der Waals surface area contributed by atoms with Gasteiger partial charge in [-0.25, -0.2) is 12.8 Å². The Balaban J connectivity index is 2.07. The summed E-state index contributed by atoms with van der Waals surface area (Å²) in [6.45, 7) is 3.45. The van der Waals surface area contributed by atoms with Gasteiger partial charge in [0, 0.05) is 0 Å². The lowest BCUT2D eigenvalue weighted by molar-refractivity contribution is -0.122. The smallest absolute Gasteiger partial charge is 0.267 e. The Labute approximate surface area is 149 Å². The summed E-state index contributed by atoms with van der Waals surface area (Å²) >= 11 is 0.774. The van der Waals surface area contributed by atoms with Gasteiger partial charge in [0.2, 0.25) is 19.3 Å². The van der Waals surface area contributed by atoms with Crippen LogP contribution in [0.3, 0.4) is 0 Å². The predicted molar refractivity (Wildman–Crippen MR) is 92.0 cm³/mol. The Morgan fingerprint density at radius 1 is 1.32 bits per heavy atom. The lowest BCUT2D eigenvalue weighted by Gasteiger charge is -2.16. The topological polar surface area (TPSA) is 98.3 Å². The summed E-state index contributed by atoms with van der Waals surface area (Å²) in [6, 6.07) is 5.77. The van der Waals surface area contributed by atoms with E-state index in [1.165, 1.54) is 18.2 Å². The van der Waals surface area contributed by atoms with Crippen molar-refractivity contribution in [2.75, 3.05) is 11.1 Å². The molecule has 1 aromatic carbocycles. The number of anilines is 1. The molecule has 0 aliphatic heterocycles. The van der Waals surface area contributed by atoms with Gasteiger partial charge in [-0.15, -0.1) is 10.2 Å². The lowest BCUT2D eigenvalue weighted by Crippen LogP contribution is -2.32. The molecule has 1 unspecified atom stereocenters. The van der Waals surface area contributed by atoms with Gasteiger partial charge >= 0.3 is 0 Å². The fourth-order valence-electron chi connectivity index (χ4n) is 1.94. The number of ether oxygens (including phenoxy) is 1. The van der Waals surface area contributed by atoms with E-state index in [2.05, 4.69) is 15.5 Å². The number of halogens is 1. The highest BCUT2D eigenvalue weighted by Crippen LogP contribution is 2.23. The summed E-state index contributed by atoms with van der Waals surface area (Å²) in [4.78, 5) is 12.3. The molecule has 1 heterocycles. The Morgan fingerprint density at radius 3 is 2.68 bits per heavy atom. The van der Waals surface area contributed by atoms with Gasteiger partial charge in [-0.2, -0.15) is 0 Å². The van der Waals surface area contributed by atoms with Crippen molar-refractivity contribution >= 4 is 32.2 Å². The van der Waals surface area contributed by atoms with Crippen LogP contribution in [-0.4, -0.2) is 36.4 Å². The maximum Gasteiger partial charge on any atom is 0.267 e. The van der Waals surface area contributed by atoms with Gasteiger partial charge < -0.3 is 4.74 Å². The maximum atomic E-state index is 13.6. The molecular formula is C15H18FN3O4S2. The largest absolute Gasteiger partial charge is 0.478 e. The van der Waals surface area contributed by atoms with E-state index >= 15 is 0 Å². The molecular weight excluding hydrogens is 369 g/mol. The van der Waals surface area contributed by atoms with Gasteiger partial charge in [0.15, 0.2) is 17.7 Å². The van der Waals surface area contributed by atoms with Crippen LogP contribution in [0, 0.1) is 5.82 Å². The van der Waals surface area contributed by atoms with Crippen molar-refractivity contribution < 1.29 is 22.3 Å². The Bertz CT molecular complexity index is 839. The fraction of sp³-hybridized carbons (Fsp3) is 0.400. The summed E-state index contributed by atoms with van der Waals surface area (Å²) in [5, 5.41) is 9.79. The molecule has 10 heteroatoms. The molecule has 0 aliphatic rings. The lowest BCUT2D eigenvalue weighted by atomic mass is 10.2. The summed E-state index contributed by atoms with van der Waals surface area (Å²) in [7, 11) is -3.49. The number of para-hydroxylation sites is 1. The first-order chi connectivity index (χ1) is 11.9. The molecule has 0 fully saturated rings. The molecule has 1 atom stereocenters. The second-order valence-corrected chi connectivity index (χ2v) is 8.39. The van der Waals surface area contributed by atoms with Crippen molar-refractivity contribution in [3.05, 3.63) is 30.1 Å². The molecule has 1 aromatic heterocycles. The molecule has 0 saturated carbocycles. The predicted octanol–water partition coefficient (Wildman–Crippen LogP) is 2.66. The highest BCUT2D eigenvalue weighted by molar-refractivity contribution is 7.93. The van der Waals surface area contributed by atoms with Crippen LogP contribution in [0.25, 0.3) is 0 Å². The van der Waals surface area contributed by atoms with Crippen molar-refractivity contribution in [3.8, 4) is 5.75 Å². The number of nitrogens with zero attached hydrogens (tertiary/aromatic N) is 2. The average Bonchev–Trinajstić information content (AvgIpc) is 3.03. The number of rotatable bonds is 8. The molecule has 0 bridgehead atoms. The second kappa shape index (κ2) is 8.34. The molecule has 0 aliphatic carbocycles. The standard InChI is InChI=1S/C15H18FN3O4S2/c1-3-9-25(21,22)15-19-18-14(24-15)17-13(20)11(4-2)23-12-8-6-5-7-10(12)16/h5-8,11H,3-4,9H2,1-2H3,(H,17,18,20). The number of carbonyl (C=O) groups is 1. The van der Waals surface area contributed by atoms with Crippen LogP contribution in [-0.2, 0) is 14.6 Å². The van der Waals surface area contributed by atoms with Crippen LogP contribution < -0.4 is 10.1 Å². The number of benzene rings is 1. The van der Waals surface area contributed by atoms with Crippen molar-refractivity contribution in [1.82, 2.24) is 10.2 Å². The average molecular weight is 387 g/mol. The Kier molecular flexibility index (Phi) is 6.43. The number of hydrogen-bond acceptors (Lipinski definition) is 7. The zero-order valence-electron chi connectivity index (χ0n) is 13.7. The third kappa shape index (κ3) is 4.95. The van der Waals surface area contributed by atoms with Gasteiger partial charge in [-0.1, -0.05) is 37.3 Å². The molecule has 1 amide bonds. The van der Waals surface area contributed by atoms with Crippen LogP contribution in [0.4, 0.5) is 9.52 Å². The van der Waals surface area contributed by atoms with E-state index in [-0.39, 0.29) is 21.0 Å². The minimum atomic E-state index is -3.49. The first-order valence-corrected chi connectivity index (χ1v) is 10.1. The van der Waals surface area contributed by atoms with Crippen molar-refractivity contribution in [1.29, 1.82) is 0 Å². The van der Waals surface area contributed by atoms with Crippen LogP contribution in [0.1, 0.15) is 26.7 Å². The molecule has 7 nitrogen and oxygen atoms in total. The van der Waals surface area contributed by atoms with E-state index in [9.17, 15) is 17.6 Å². The zero-order chi connectivity index (χ0) is 18.4. The van der Waals surface area contributed by atoms with Crippen LogP contribution in [0.5, 0.6) is 5.75 Å². The minimum Gasteiger partial charge on any atom is -0.478 e. The third-order valence-electron chi connectivity index (χ3n) is 3.14. The first-order valence-electron chi connectivity index (χ1n) is 7.65. The first kappa shape index (κ1) is 19.3. The van der Waals surface area contributed by atoms with Gasteiger partial charge in [0.05, 0.1) is 5.75 Å². The minimum absolute atomic E-state index is 0.0343. The molecule has 0 spiro atoms. The summed E-state index contributed by atoms with van der Waals surface area (Å²) in [5.74, 6) is -1.20. The molecule has 136 valence electrons. The number of amides is 1. The van der Waals surface area contributed by atoms with E-state index in [4.69, 9.17) is 4.74 Å². The molecule has 2 aromatic rings. The SMILES string of the molecule is CCCS(=O)(=O)c1nnc(NC(=O)C(CC)Oc2ccccc2F)s1.